The lowest BCUT2D eigenvalue weighted by molar-refractivity contribution is 0.280. The fourth-order valence-electron chi connectivity index (χ4n) is 2.55. The topological polar surface area (TPSA) is 30.5 Å². The molecule has 1 N–H and O–H groups in total. The van der Waals surface area contributed by atoms with Crippen LogP contribution in [0.4, 0.5) is 0 Å². The van der Waals surface area contributed by atoms with Crippen LogP contribution in [0.3, 0.4) is 0 Å². The fourth-order valence-corrected chi connectivity index (χ4v) is 3.19. The molecular weight excluding hydrogens is 306 g/mol. The van der Waals surface area contributed by atoms with Gasteiger partial charge in [-0.15, -0.1) is 0 Å². The van der Waals surface area contributed by atoms with Gasteiger partial charge in [-0.05, 0) is 55.3 Å². The first-order valence-corrected chi connectivity index (χ1v) is 7.78. The van der Waals surface area contributed by atoms with Gasteiger partial charge in [0, 0.05) is 11.0 Å². The van der Waals surface area contributed by atoms with Crippen molar-refractivity contribution in [1.82, 2.24) is 5.32 Å². The monoisotopic (exact) mass is 325 g/mol. The molecule has 3 nitrogen and oxygen atoms in total. The molecule has 1 aliphatic carbocycles. The number of hydrogen-bond acceptors (Lipinski definition) is 3. The van der Waals surface area contributed by atoms with Crippen molar-refractivity contribution < 1.29 is 9.47 Å². The van der Waals surface area contributed by atoms with Gasteiger partial charge in [0.15, 0.2) is 11.5 Å². The average Bonchev–Trinajstić information content (AvgIpc) is 3.09. The summed E-state index contributed by atoms with van der Waals surface area (Å²) >= 11 is 3.68. The molecule has 1 atom stereocenters. The minimum atomic E-state index is 0.570. The van der Waals surface area contributed by atoms with Crippen LogP contribution in [0.2, 0.25) is 0 Å². The first kappa shape index (κ1) is 13.3. The van der Waals surface area contributed by atoms with Crippen molar-refractivity contribution in [3.05, 3.63) is 22.2 Å². The zero-order valence-electron chi connectivity index (χ0n) is 11.2. The third kappa shape index (κ3) is 3.06. The lowest BCUT2D eigenvalue weighted by Crippen LogP contribution is -2.09. The van der Waals surface area contributed by atoms with Crippen LogP contribution in [0.15, 0.2) is 16.6 Å². The van der Waals surface area contributed by atoms with Crippen molar-refractivity contribution in [2.24, 2.45) is 5.92 Å². The molecule has 1 heterocycles. The Morgan fingerprint density at radius 2 is 2.11 bits per heavy atom. The highest BCUT2D eigenvalue weighted by Gasteiger charge is 2.24. The van der Waals surface area contributed by atoms with Crippen LogP contribution in [0.5, 0.6) is 11.5 Å². The second kappa shape index (κ2) is 5.71. The maximum Gasteiger partial charge on any atom is 0.162 e. The molecule has 1 aromatic carbocycles. The van der Waals surface area contributed by atoms with Crippen LogP contribution >= 0.6 is 15.9 Å². The summed E-state index contributed by atoms with van der Waals surface area (Å²) in [4.78, 5) is 0. The second-order valence-corrected chi connectivity index (χ2v) is 6.32. The Kier molecular flexibility index (Phi) is 3.99. The van der Waals surface area contributed by atoms with Crippen molar-refractivity contribution in [2.45, 2.75) is 25.2 Å². The van der Waals surface area contributed by atoms with E-state index in [1.165, 1.54) is 24.8 Å². The van der Waals surface area contributed by atoms with Gasteiger partial charge in [0.1, 0.15) is 0 Å². The minimum Gasteiger partial charge on any atom is -0.493 e. The Morgan fingerprint density at radius 1 is 1.26 bits per heavy atom. The van der Waals surface area contributed by atoms with E-state index in [1.807, 2.05) is 0 Å². The van der Waals surface area contributed by atoms with Crippen molar-refractivity contribution >= 4 is 15.9 Å². The minimum absolute atomic E-state index is 0.570. The molecule has 4 heteroatoms. The van der Waals surface area contributed by atoms with E-state index in [2.05, 4.69) is 33.4 Å². The molecule has 2 fully saturated rings. The summed E-state index contributed by atoms with van der Waals surface area (Å²) in [6.07, 6.45) is 3.79. The second-order valence-electron chi connectivity index (χ2n) is 5.47. The molecule has 0 aromatic heterocycles. The molecule has 1 aliphatic heterocycles. The molecule has 0 bridgehead atoms. The van der Waals surface area contributed by atoms with Crippen LogP contribution < -0.4 is 14.8 Å². The number of nitrogens with one attached hydrogen (secondary N) is 1. The third-order valence-electron chi connectivity index (χ3n) is 3.95. The molecule has 0 spiro atoms. The van der Waals surface area contributed by atoms with Crippen LogP contribution in [0.1, 0.15) is 30.7 Å². The summed E-state index contributed by atoms with van der Waals surface area (Å²) < 4.78 is 12.5. The van der Waals surface area contributed by atoms with Crippen LogP contribution in [0, 0.1) is 5.92 Å². The van der Waals surface area contributed by atoms with Gasteiger partial charge >= 0.3 is 0 Å². The largest absolute Gasteiger partial charge is 0.493 e. The van der Waals surface area contributed by atoms with E-state index in [0.29, 0.717) is 5.92 Å². The number of benzene rings is 1. The van der Waals surface area contributed by atoms with Gasteiger partial charge in [0.05, 0.1) is 13.7 Å². The number of halogens is 1. The van der Waals surface area contributed by atoms with Crippen molar-refractivity contribution in [2.75, 3.05) is 26.8 Å². The number of rotatable bonds is 5. The molecule has 1 unspecified atom stereocenters. The van der Waals surface area contributed by atoms with Crippen LogP contribution in [-0.2, 0) is 0 Å². The molecule has 0 radical (unpaired) electrons. The lowest BCUT2D eigenvalue weighted by Gasteiger charge is -2.16. The van der Waals surface area contributed by atoms with E-state index in [1.54, 1.807) is 7.11 Å². The van der Waals surface area contributed by atoms with Crippen molar-refractivity contribution in [3.63, 3.8) is 0 Å². The van der Waals surface area contributed by atoms with E-state index in [0.717, 1.165) is 41.6 Å². The molecule has 2 aliphatic rings. The summed E-state index contributed by atoms with van der Waals surface area (Å²) in [5.41, 5.74) is 1.32. The first-order valence-electron chi connectivity index (χ1n) is 6.99. The van der Waals surface area contributed by atoms with Gasteiger partial charge in [-0.2, -0.15) is 0 Å². The third-order valence-corrected chi connectivity index (χ3v) is 4.64. The highest BCUT2D eigenvalue weighted by molar-refractivity contribution is 9.10. The van der Waals surface area contributed by atoms with Crippen LogP contribution in [-0.4, -0.2) is 26.8 Å². The Morgan fingerprint density at radius 3 is 2.74 bits per heavy atom. The van der Waals surface area contributed by atoms with Gasteiger partial charge < -0.3 is 14.8 Å². The van der Waals surface area contributed by atoms with E-state index in [4.69, 9.17) is 9.47 Å². The van der Waals surface area contributed by atoms with Crippen LogP contribution in [0.25, 0.3) is 0 Å². The SMILES string of the molecule is COc1cc(C2CCNC2)c(Br)cc1OCC1CC1. The summed E-state index contributed by atoms with van der Waals surface area (Å²) in [6, 6.07) is 4.19. The highest BCUT2D eigenvalue weighted by atomic mass is 79.9. The molecule has 1 aromatic rings. The van der Waals surface area contributed by atoms with E-state index < -0.39 is 0 Å². The zero-order valence-corrected chi connectivity index (χ0v) is 12.8. The maximum atomic E-state index is 5.88. The summed E-state index contributed by atoms with van der Waals surface area (Å²) in [7, 11) is 1.71. The van der Waals surface area contributed by atoms with Crippen molar-refractivity contribution in [3.8, 4) is 11.5 Å². The molecular formula is C15H20BrNO2. The molecule has 3 rings (SSSR count). The quantitative estimate of drug-likeness (QED) is 0.900. The number of methoxy groups -OCH3 is 1. The molecule has 0 amide bonds. The van der Waals surface area contributed by atoms with Gasteiger partial charge in [-0.25, -0.2) is 0 Å². The molecule has 19 heavy (non-hydrogen) atoms. The lowest BCUT2D eigenvalue weighted by atomic mass is 9.98. The van der Waals surface area contributed by atoms with Gasteiger partial charge in [0.25, 0.3) is 0 Å². The smallest absolute Gasteiger partial charge is 0.162 e. The first-order chi connectivity index (χ1) is 9.28. The maximum absolute atomic E-state index is 5.88. The average molecular weight is 326 g/mol. The number of hydrogen-bond donors (Lipinski definition) is 1. The zero-order chi connectivity index (χ0) is 13.2. The molecule has 1 saturated heterocycles. The molecule has 104 valence electrons. The summed E-state index contributed by atoms with van der Waals surface area (Å²) in [5.74, 6) is 3.03. The Labute approximate surface area is 122 Å². The Balaban J connectivity index is 1.81. The standard InChI is InChI=1S/C15H20BrNO2/c1-18-14-6-12(11-4-5-17-8-11)13(16)7-15(14)19-9-10-2-3-10/h6-7,10-11,17H,2-5,8-9H2,1H3. The summed E-state index contributed by atoms with van der Waals surface area (Å²) in [6.45, 7) is 2.95. The van der Waals surface area contributed by atoms with E-state index in [9.17, 15) is 0 Å². The van der Waals surface area contributed by atoms with Gasteiger partial charge in [-0.3, -0.25) is 0 Å². The van der Waals surface area contributed by atoms with Gasteiger partial charge in [0.2, 0.25) is 0 Å². The predicted octanol–water partition coefficient (Wildman–Crippen LogP) is 3.32. The molecule has 1 saturated carbocycles. The Bertz CT molecular complexity index is 454. The summed E-state index contributed by atoms with van der Waals surface area (Å²) in [5, 5.41) is 3.41. The fraction of sp³-hybridized carbons (Fsp3) is 0.600. The number of ether oxygens (including phenoxy) is 2. The van der Waals surface area contributed by atoms with E-state index >= 15 is 0 Å². The predicted molar refractivity (Wildman–Crippen MR) is 79.1 cm³/mol. The van der Waals surface area contributed by atoms with Crippen molar-refractivity contribution in [1.29, 1.82) is 0 Å². The van der Waals surface area contributed by atoms with Gasteiger partial charge in [-0.1, -0.05) is 15.9 Å². The van der Waals surface area contributed by atoms with E-state index in [-0.39, 0.29) is 0 Å². The Hall–Kier alpha value is -0.740. The highest BCUT2D eigenvalue weighted by Crippen LogP contribution is 2.39. The normalized spacial score (nSPS) is 22.5.